The summed E-state index contributed by atoms with van der Waals surface area (Å²) in [5.74, 6) is -0.839. The Morgan fingerprint density at radius 2 is 1.57 bits per heavy atom. The zero-order chi connectivity index (χ0) is 22.1. The molecular weight excluding hydrogens is 391 g/mol. The number of hydrogen-bond acceptors (Lipinski definition) is 2. The second-order valence-electron chi connectivity index (χ2n) is 9.11. The van der Waals surface area contributed by atoms with Crippen LogP contribution in [0.25, 0.3) is 0 Å². The van der Waals surface area contributed by atoms with Crippen molar-refractivity contribution in [2.45, 2.75) is 57.7 Å². The summed E-state index contributed by atoms with van der Waals surface area (Å²) in [7, 11) is 0. The van der Waals surface area contributed by atoms with Gasteiger partial charge in [0.15, 0.2) is 0 Å². The number of piperidine rings is 1. The minimum atomic E-state index is -4.38. The van der Waals surface area contributed by atoms with Gasteiger partial charge in [0.1, 0.15) is 0 Å². The minimum absolute atomic E-state index is 0.000101. The summed E-state index contributed by atoms with van der Waals surface area (Å²) in [6.07, 6.45) is -2.96. The molecule has 2 aromatic rings. The molecule has 0 aliphatic carbocycles. The molecule has 1 N–H and O–H groups in total. The number of carbonyl (C=O) groups is 1. The standard InChI is InChI=1S/C24H28F3NO2/c1-23(2,3)18-8-10-20(11-9-18)28-13-12-16(15-22(29)30)14-21(28)17-4-6-19(7-5-17)24(25,26)27/h4-11,16,21H,12-15H2,1-3H3,(H,29,30). The molecule has 1 saturated heterocycles. The van der Waals surface area contributed by atoms with Crippen LogP contribution in [0.3, 0.4) is 0 Å². The van der Waals surface area contributed by atoms with Crippen molar-refractivity contribution in [3.8, 4) is 0 Å². The highest BCUT2D eigenvalue weighted by molar-refractivity contribution is 5.67. The van der Waals surface area contributed by atoms with E-state index in [0.29, 0.717) is 13.0 Å². The Morgan fingerprint density at radius 1 is 1.00 bits per heavy atom. The summed E-state index contributed by atoms with van der Waals surface area (Å²) in [6.45, 7) is 7.09. The third-order valence-electron chi connectivity index (χ3n) is 5.86. The highest BCUT2D eigenvalue weighted by Gasteiger charge is 2.33. The van der Waals surface area contributed by atoms with Crippen molar-refractivity contribution in [3.05, 3.63) is 65.2 Å². The van der Waals surface area contributed by atoms with Crippen LogP contribution in [0, 0.1) is 5.92 Å². The quantitative estimate of drug-likeness (QED) is 0.620. The van der Waals surface area contributed by atoms with E-state index in [1.807, 2.05) is 0 Å². The number of halogens is 3. The van der Waals surface area contributed by atoms with Gasteiger partial charge in [0.2, 0.25) is 0 Å². The summed E-state index contributed by atoms with van der Waals surface area (Å²) in [5.41, 5.74) is 2.34. The lowest BCUT2D eigenvalue weighted by Gasteiger charge is -2.41. The van der Waals surface area contributed by atoms with Crippen LogP contribution in [0.4, 0.5) is 18.9 Å². The fourth-order valence-electron chi connectivity index (χ4n) is 4.14. The predicted molar refractivity (Wildman–Crippen MR) is 112 cm³/mol. The number of alkyl halides is 3. The maximum atomic E-state index is 13.0. The van der Waals surface area contributed by atoms with Crippen LogP contribution in [-0.4, -0.2) is 17.6 Å². The van der Waals surface area contributed by atoms with Crippen LogP contribution in [0.1, 0.15) is 62.8 Å². The van der Waals surface area contributed by atoms with Crippen LogP contribution in [0.5, 0.6) is 0 Å². The van der Waals surface area contributed by atoms with Crippen LogP contribution < -0.4 is 4.90 Å². The van der Waals surface area contributed by atoms with Crippen LogP contribution >= 0.6 is 0 Å². The average Bonchev–Trinajstić information content (AvgIpc) is 2.66. The van der Waals surface area contributed by atoms with Gasteiger partial charge in [-0.15, -0.1) is 0 Å². The summed E-state index contributed by atoms with van der Waals surface area (Å²) >= 11 is 0. The number of benzene rings is 2. The van der Waals surface area contributed by atoms with Gasteiger partial charge in [-0.25, -0.2) is 0 Å². The van der Waals surface area contributed by atoms with Gasteiger partial charge in [-0.1, -0.05) is 45.0 Å². The SMILES string of the molecule is CC(C)(C)c1ccc(N2CCC(CC(=O)O)CC2c2ccc(C(F)(F)F)cc2)cc1. The highest BCUT2D eigenvalue weighted by atomic mass is 19.4. The Labute approximate surface area is 175 Å². The Bertz CT molecular complexity index is 867. The van der Waals surface area contributed by atoms with Crippen molar-refractivity contribution in [1.82, 2.24) is 0 Å². The van der Waals surface area contributed by atoms with Gasteiger partial charge in [0.25, 0.3) is 0 Å². The van der Waals surface area contributed by atoms with E-state index in [9.17, 15) is 23.1 Å². The van der Waals surface area contributed by atoms with Crippen molar-refractivity contribution in [2.24, 2.45) is 5.92 Å². The second kappa shape index (κ2) is 8.32. The molecule has 2 aromatic carbocycles. The molecule has 1 aliphatic heterocycles. The van der Waals surface area contributed by atoms with E-state index in [2.05, 4.69) is 49.9 Å². The molecule has 30 heavy (non-hydrogen) atoms. The topological polar surface area (TPSA) is 40.5 Å². The zero-order valence-corrected chi connectivity index (χ0v) is 17.5. The van der Waals surface area contributed by atoms with Gasteiger partial charge in [-0.3, -0.25) is 4.79 Å². The molecule has 162 valence electrons. The molecule has 0 saturated carbocycles. The molecule has 3 rings (SSSR count). The number of carboxylic acid groups (broad SMARTS) is 1. The van der Waals surface area contributed by atoms with Crippen molar-refractivity contribution in [1.29, 1.82) is 0 Å². The Kier molecular flexibility index (Phi) is 6.16. The minimum Gasteiger partial charge on any atom is -0.481 e. The Morgan fingerprint density at radius 3 is 2.07 bits per heavy atom. The van der Waals surface area contributed by atoms with Crippen molar-refractivity contribution in [3.63, 3.8) is 0 Å². The Hall–Kier alpha value is -2.50. The van der Waals surface area contributed by atoms with Crippen molar-refractivity contribution in [2.75, 3.05) is 11.4 Å². The first-order valence-electron chi connectivity index (χ1n) is 10.2. The van der Waals surface area contributed by atoms with Gasteiger partial charge in [0, 0.05) is 18.7 Å². The van der Waals surface area contributed by atoms with E-state index in [1.54, 1.807) is 0 Å². The van der Waals surface area contributed by atoms with Crippen LogP contribution in [0.15, 0.2) is 48.5 Å². The lowest BCUT2D eigenvalue weighted by atomic mass is 9.84. The number of nitrogens with zero attached hydrogens (tertiary/aromatic N) is 1. The molecule has 2 atom stereocenters. The molecule has 0 radical (unpaired) electrons. The molecule has 1 heterocycles. The third-order valence-corrected chi connectivity index (χ3v) is 5.86. The number of aliphatic carboxylic acids is 1. The predicted octanol–water partition coefficient (Wildman–Crippen LogP) is 6.44. The fourth-order valence-corrected chi connectivity index (χ4v) is 4.14. The summed E-state index contributed by atoms with van der Waals surface area (Å²) < 4.78 is 38.9. The number of rotatable bonds is 4. The second-order valence-corrected chi connectivity index (χ2v) is 9.11. The van der Waals surface area contributed by atoms with Crippen molar-refractivity contribution < 1.29 is 23.1 Å². The first-order chi connectivity index (χ1) is 13.9. The van der Waals surface area contributed by atoms with Crippen LogP contribution in [0.2, 0.25) is 0 Å². The molecule has 0 bridgehead atoms. The summed E-state index contributed by atoms with van der Waals surface area (Å²) in [4.78, 5) is 13.4. The van der Waals surface area contributed by atoms with Gasteiger partial charge in [0.05, 0.1) is 11.6 Å². The Balaban J connectivity index is 1.91. The summed E-state index contributed by atoms with van der Waals surface area (Å²) in [6, 6.07) is 13.4. The molecule has 3 nitrogen and oxygen atoms in total. The molecule has 0 amide bonds. The zero-order valence-electron chi connectivity index (χ0n) is 17.5. The van der Waals surface area contributed by atoms with E-state index in [1.165, 1.54) is 17.7 Å². The highest BCUT2D eigenvalue weighted by Crippen LogP contribution is 2.40. The van der Waals surface area contributed by atoms with Crippen LogP contribution in [-0.2, 0) is 16.4 Å². The number of hydrogen-bond donors (Lipinski definition) is 1. The molecule has 6 heteroatoms. The molecular formula is C24H28F3NO2. The average molecular weight is 419 g/mol. The first-order valence-corrected chi connectivity index (χ1v) is 10.2. The van der Waals surface area contributed by atoms with Crippen molar-refractivity contribution >= 4 is 11.7 Å². The summed E-state index contributed by atoms with van der Waals surface area (Å²) in [5, 5.41) is 9.20. The normalized spacial score (nSPS) is 20.3. The molecule has 2 unspecified atom stereocenters. The largest absolute Gasteiger partial charge is 0.481 e. The maximum Gasteiger partial charge on any atom is 0.416 e. The van der Waals surface area contributed by atoms with E-state index in [-0.39, 0.29) is 23.8 Å². The molecule has 1 aliphatic rings. The molecule has 0 aromatic heterocycles. The fraction of sp³-hybridized carbons (Fsp3) is 0.458. The molecule has 1 fully saturated rings. The van der Waals surface area contributed by atoms with Gasteiger partial charge in [-0.2, -0.15) is 13.2 Å². The smallest absolute Gasteiger partial charge is 0.416 e. The lowest BCUT2D eigenvalue weighted by molar-refractivity contribution is -0.139. The van der Waals surface area contributed by atoms with E-state index in [0.717, 1.165) is 29.8 Å². The van der Waals surface area contributed by atoms with E-state index in [4.69, 9.17) is 0 Å². The van der Waals surface area contributed by atoms with E-state index >= 15 is 0 Å². The third kappa shape index (κ3) is 5.15. The monoisotopic (exact) mass is 419 g/mol. The number of anilines is 1. The molecule has 0 spiro atoms. The maximum absolute atomic E-state index is 13.0. The lowest BCUT2D eigenvalue weighted by Crippen LogP contribution is -2.37. The van der Waals surface area contributed by atoms with Gasteiger partial charge >= 0.3 is 12.1 Å². The van der Waals surface area contributed by atoms with Gasteiger partial charge in [-0.05, 0) is 59.6 Å². The first kappa shape index (κ1) is 22.2. The number of carboxylic acids is 1. The van der Waals surface area contributed by atoms with E-state index < -0.39 is 17.7 Å². The van der Waals surface area contributed by atoms with Gasteiger partial charge < -0.3 is 10.0 Å².